The summed E-state index contributed by atoms with van der Waals surface area (Å²) in [5.74, 6) is 1.28. The molecular formula is C20H34N2O6S2. The van der Waals surface area contributed by atoms with Crippen LogP contribution in [0.15, 0.2) is 24.3 Å². The van der Waals surface area contributed by atoms with Gasteiger partial charge in [-0.2, -0.15) is 0 Å². The van der Waals surface area contributed by atoms with E-state index in [1.807, 2.05) is 45.9 Å². The topological polar surface area (TPSA) is 134 Å². The van der Waals surface area contributed by atoms with E-state index in [-0.39, 0.29) is 6.54 Å². The summed E-state index contributed by atoms with van der Waals surface area (Å²) < 4.78 is 5.64. The molecule has 1 aromatic carbocycles. The molecule has 8 nitrogen and oxygen atoms in total. The normalized spacial score (nSPS) is 20.5. The number of hydrogen-bond acceptors (Lipinski definition) is 10. The third kappa shape index (κ3) is 9.19. The van der Waals surface area contributed by atoms with Crippen molar-refractivity contribution in [3.05, 3.63) is 24.3 Å². The molecule has 0 spiro atoms. The molecule has 1 fully saturated rings. The van der Waals surface area contributed by atoms with Crippen LogP contribution >= 0.6 is 21.6 Å². The average Bonchev–Trinajstić information content (AvgIpc) is 3.29. The Kier molecular flexibility index (Phi) is 12.2. The van der Waals surface area contributed by atoms with Crippen LogP contribution in [-0.4, -0.2) is 87.4 Å². The Balaban J connectivity index is 1.61. The molecule has 1 aliphatic rings. The number of rotatable bonds is 15. The highest BCUT2D eigenvalue weighted by Gasteiger charge is 2.29. The zero-order valence-electron chi connectivity index (χ0n) is 17.0. The van der Waals surface area contributed by atoms with Crippen molar-refractivity contribution in [2.75, 3.05) is 42.9 Å². The molecule has 1 aromatic rings. The molecule has 30 heavy (non-hydrogen) atoms. The van der Waals surface area contributed by atoms with E-state index < -0.39 is 31.0 Å². The molecule has 172 valence electrons. The summed E-state index contributed by atoms with van der Waals surface area (Å²) in [7, 11) is 3.99. The lowest BCUT2D eigenvalue weighted by atomic mass is 10.0. The lowest BCUT2D eigenvalue weighted by Crippen LogP contribution is -2.48. The Morgan fingerprint density at radius 2 is 1.77 bits per heavy atom. The molecule has 2 rings (SSSR count). The molecule has 7 N–H and O–H groups in total. The van der Waals surface area contributed by atoms with Crippen LogP contribution < -0.4 is 10.6 Å². The number of nitrogens with one attached hydrogen (secondary N) is 2. The van der Waals surface area contributed by atoms with Crippen molar-refractivity contribution in [2.45, 2.75) is 55.3 Å². The first-order valence-electron chi connectivity index (χ1n) is 10.3. The largest absolute Gasteiger partial charge is 0.394 e. The maximum absolute atomic E-state index is 9.97. The maximum Gasteiger partial charge on any atom is 0.116 e. The monoisotopic (exact) mass is 462 g/mol. The number of aliphatic hydroxyl groups is 5. The zero-order valence-corrected chi connectivity index (χ0v) is 18.7. The van der Waals surface area contributed by atoms with E-state index in [1.165, 1.54) is 25.0 Å². The van der Waals surface area contributed by atoms with Crippen molar-refractivity contribution < 1.29 is 30.3 Å². The number of ether oxygens (including phenoxy) is 1. The Morgan fingerprint density at radius 1 is 1.03 bits per heavy atom. The smallest absolute Gasteiger partial charge is 0.116 e. The van der Waals surface area contributed by atoms with Crippen molar-refractivity contribution in [2.24, 2.45) is 0 Å². The fourth-order valence-electron chi connectivity index (χ4n) is 2.99. The van der Waals surface area contributed by atoms with Gasteiger partial charge >= 0.3 is 0 Å². The number of anilines is 2. The second kappa shape index (κ2) is 14.4. The Labute approximate surface area is 185 Å². The van der Waals surface area contributed by atoms with Gasteiger partial charge in [-0.1, -0.05) is 34.1 Å². The van der Waals surface area contributed by atoms with Crippen molar-refractivity contribution in [3.8, 4) is 0 Å². The number of benzene rings is 1. The molecule has 0 saturated carbocycles. The fraction of sp³-hybridized carbons (Fsp3) is 0.700. The van der Waals surface area contributed by atoms with Gasteiger partial charge in [-0.15, -0.1) is 0 Å². The Bertz CT molecular complexity index is 594. The Morgan fingerprint density at radius 3 is 2.47 bits per heavy atom. The van der Waals surface area contributed by atoms with Crippen molar-refractivity contribution >= 4 is 33.0 Å². The lowest BCUT2D eigenvalue weighted by Gasteiger charge is -2.26. The molecule has 0 bridgehead atoms. The second-order valence-corrected chi connectivity index (χ2v) is 10.1. The van der Waals surface area contributed by atoms with Gasteiger partial charge < -0.3 is 40.9 Å². The molecule has 0 aromatic heterocycles. The predicted octanol–water partition coefficient (Wildman–Crippen LogP) is 1.24. The number of aliphatic hydroxyl groups excluding tert-OH is 5. The second-order valence-electron chi connectivity index (χ2n) is 7.31. The van der Waals surface area contributed by atoms with Crippen LogP contribution in [0.1, 0.15) is 25.7 Å². The van der Waals surface area contributed by atoms with E-state index >= 15 is 0 Å². The van der Waals surface area contributed by atoms with Gasteiger partial charge in [-0.3, -0.25) is 0 Å². The highest BCUT2D eigenvalue weighted by atomic mass is 33.1. The van der Waals surface area contributed by atoms with Gasteiger partial charge in [0, 0.05) is 35.5 Å². The van der Waals surface area contributed by atoms with E-state index in [0.29, 0.717) is 6.73 Å². The maximum atomic E-state index is 9.97. The number of unbranched alkanes of at least 4 members (excludes halogenated alkanes) is 1. The molecule has 0 amide bonds. The third-order valence-corrected chi connectivity index (χ3v) is 7.88. The molecule has 1 saturated heterocycles. The van der Waals surface area contributed by atoms with Gasteiger partial charge in [-0.05, 0) is 37.5 Å². The highest BCUT2D eigenvalue weighted by Crippen LogP contribution is 2.39. The Hall–Kier alpha value is -0.720. The van der Waals surface area contributed by atoms with Gasteiger partial charge in [0.25, 0.3) is 0 Å². The van der Waals surface area contributed by atoms with Gasteiger partial charge in [0.15, 0.2) is 0 Å². The summed E-state index contributed by atoms with van der Waals surface area (Å²) in [6, 6.07) is 7.39. The molecule has 5 atom stereocenters. The van der Waals surface area contributed by atoms with E-state index in [1.54, 1.807) is 0 Å². The van der Waals surface area contributed by atoms with Gasteiger partial charge in [-0.25, -0.2) is 0 Å². The van der Waals surface area contributed by atoms with Crippen LogP contribution in [0.2, 0.25) is 0 Å². The summed E-state index contributed by atoms with van der Waals surface area (Å²) in [4.78, 5) is 0. The van der Waals surface area contributed by atoms with Gasteiger partial charge in [0.1, 0.15) is 25.0 Å². The van der Waals surface area contributed by atoms with E-state index in [2.05, 4.69) is 10.6 Å². The third-order valence-electron chi connectivity index (χ3n) is 4.87. The average molecular weight is 463 g/mol. The summed E-state index contributed by atoms with van der Waals surface area (Å²) >= 11 is 0. The first kappa shape index (κ1) is 25.5. The molecule has 10 heteroatoms. The van der Waals surface area contributed by atoms with Crippen molar-refractivity contribution in [1.29, 1.82) is 0 Å². The predicted molar refractivity (Wildman–Crippen MR) is 123 cm³/mol. The van der Waals surface area contributed by atoms with E-state index in [0.717, 1.165) is 29.7 Å². The van der Waals surface area contributed by atoms with Crippen LogP contribution in [0.4, 0.5) is 11.4 Å². The zero-order chi connectivity index (χ0) is 21.8. The van der Waals surface area contributed by atoms with Crippen LogP contribution in [0, 0.1) is 0 Å². The van der Waals surface area contributed by atoms with Crippen LogP contribution in [-0.2, 0) is 4.74 Å². The highest BCUT2D eigenvalue weighted by molar-refractivity contribution is 8.77. The summed E-state index contributed by atoms with van der Waals surface area (Å²) in [5, 5.41) is 54.6. The van der Waals surface area contributed by atoms with Crippen LogP contribution in [0.25, 0.3) is 0 Å². The number of hydrogen-bond donors (Lipinski definition) is 7. The van der Waals surface area contributed by atoms with Gasteiger partial charge in [0.05, 0.1) is 12.7 Å². The summed E-state index contributed by atoms with van der Waals surface area (Å²) in [5.41, 5.74) is 1.57. The minimum absolute atomic E-state index is 0.0336. The fourth-order valence-corrected chi connectivity index (χ4v) is 6.02. The minimum atomic E-state index is -1.63. The van der Waals surface area contributed by atoms with Crippen LogP contribution in [0.3, 0.4) is 0 Å². The molecule has 5 unspecified atom stereocenters. The molecule has 1 aliphatic heterocycles. The van der Waals surface area contributed by atoms with Gasteiger partial charge in [0.2, 0.25) is 0 Å². The molecule has 0 radical (unpaired) electrons. The molecule has 0 aliphatic carbocycles. The van der Waals surface area contributed by atoms with Crippen molar-refractivity contribution in [3.63, 3.8) is 0 Å². The van der Waals surface area contributed by atoms with E-state index in [4.69, 9.17) is 9.84 Å². The first-order chi connectivity index (χ1) is 14.5. The minimum Gasteiger partial charge on any atom is -0.394 e. The van der Waals surface area contributed by atoms with Crippen molar-refractivity contribution in [1.82, 2.24) is 0 Å². The van der Waals surface area contributed by atoms with E-state index in [9.17, 15) is 20.4 Å². The summed E-state index contributed by atoms with van der Waals surface area (Å²) in [6.07, 6.45) is -1.21. The standard InChI is InChI=1S/C20H34N2O6S2/c23-12-18(25)20(27)19(26)17(24)11-21-14-4-3-5-15(10-14)22-13-28-8-2-1-6-16-7-9-29-30-16/h3-5,10,16-27H,1-2,6-9,11-13H2. The SMILES string of the molecule is OCC(O)C(O)C(O)C(O)CNc1cccc(NCOCCCCC2CCSS2)c1. The molecular weight excluding hydrogens is 428 g/mol. The lowest BCUT2D eigenvalue weighted by molar-refractivity contribution is -0.111. The van der Waals surface area contributed by atoms with Crippen LogP contribution in [0.5, 0.6) is 0 Å². The molecule has 1 heterocycles. The first-order valence-corrected chi connectivity index (χ1v) is 12.7. The summed E-state index contributed by atoms with van der Waals surface area (Å²) in [6.45, 7) is 0.395. The quantitative estimate of drug-likeness (QED) is 0.116.